The van der Waals surface area contributed by atoms with Crippen molar-refractivity contribution in [2.45, 2.75) is 39.0 Å². The van der Waals surface area contributed by atoms with Crippen molar-refractivity contribution in [2.75, 3.05) is 13.1 Å². The third kappa shape index (κ3) is 3.95. The highest BCUT2D eigenvalue weighted by atomic mass is 16.2. The van der Waals surface area contributed by atoms with E-state index in [1.165, 1.54) is 12.0 Å². The maximum atomic E-state index is 12.0. The molecule has 0 aliphatic carbocycles. The van der Waals surface area contributed by atoms with E-state index in [0.29, 0.717) is 5.92 Å². The number of piperidine rings is 1. The van der Waals surface area contributed by atoms with Crippen molar-refractivity contribution < 1.29 is 4.79 Å². The molecule has 0 aromatic heterocycles. The molecule has 0 unspecified atom stereocenters. The molecular weight excluding hydrogens is 234 g/mol. The molecule has 1 aliphatic rings. The molecule has 0 N–H and O–H groups in total. The van der Waals surface area contributed by atoms with Crippen LogP contribution in [0.2, 0.25) is 0 Å². The van der Waals surface area contributed by atoms with Crippen LogP contribution < -0.4 is 0 Å². The fourth-order valence-electron chi connectivity index (χ4n) is 2.38. The van der Waals surface area contributed by atoms with Gasteiger partial charge in [0.25, 0.3) is 0 Å². The van der Waals surface area contributed by atoms with E-state index in [-0.39, 0.29) is 5.91 Å². The van der Waals surface area contributed by atoms with Crippen LogP contribution in [0.15, 0.2) is 30.3 Å². The minimum Gasteiger partial charge on any atom is -0.339 e. The van der Waals surface area contributed by atoms with E-state index >= 15 is 0 Å². The zero-order valence-electron chi connectivity index (χ0n) is 11.9. The highest BCUT2D eigenvalue weighted by molar-refractivity contribution is 5.91. The van der Waals surface area contributed by atoms with Gasteiger partial charge >= 0.3 is 0 Å². The lowest BCUT2D eigenvalue weighted by Crippen LogP contribution is -2.34. The lowest BCUT2D eigenvalue weighted by atomic mass is 10.0. The maximum absolute atomic E-state index is 12.0. The maximum Gasteiger partial charge on any atom is 0.246 e. The standard InChI is InChI=1S/C17H23NO/c1-14(2)16-9-6-15(7-10-16)8-11-17(19)18-12-4-3-5-13-18/h6-11,14H,3-5,12-13H2,1-2H3/b11-8-. The van der Waals surface area contributed by atoms with Crippen LogP contribution in [-0.4, -0.2) is 23.9 Å². The molecule has 102 valence electrons. The molecule has 1 aliphatic heterocycles. The van der Waals surface area contributed by atoms with Crippen molar-refractivity contribution in [2.24, 2.45) is 0 Å². The Morgan fingerprint density at radius 1 is 1.11 bits per heavy atom. The zero-order valence-corrected chi connectivity index (χ0v) is 11.9. The summed E-state index contributed by atoms with van der Waals surface area (Å²) < 4.78 is 0. The summed E-state index contributed by atoms with van der Waals surface area (Å²) in [5, 5.41) is 0. The lowest BCUT2D eigenvalue weighted by Gasteiger charge is -2.25. The average Bonchev–Trinajstić information content (AvgIpc) is 2.46. The van der Waals surface area contributed by atoms with Crippen LogP contribution in [0.4, 0.5) is 0 Å². The monoisotopic (exact) mass is 257 g/mol. The Bertz CT molecular complexity index is 439. The summed E-state index contributed by atoms with van der Waals surface area (Å²) in [6.45, 7) is 6.19. The molecule has 0 spiro atoms. The highest BCUT2D eigenvalue weighted by Gasteiger charge is 2.13. The first-order valence-electron chi connectivity index (χ1n) is 7.24. The van der Waals surface area contributed by atoms with Crippen molar-refractivity contribution in [3.05, 3.63) is 41.5 Å². The van der Waals surface area contributed by atoms with Crippen LogP contribution in [0.1, 0.15) is 50.2 Å². The second-order valence-corrected chi connectivity index (χ2v) is 5.54. The van der Waals surface area contributed by atoms with Gasteiger partial charge in [-0.1, -0.05) is 38.1 Å². The van der Waals surface area contributed by atoms with Crippen LogP contribution >= 0.6 is 0 Å². The Kier molecular flexibility index (Phi) is 4.78. The SMILES string of the molecule is CC(C)c1ccc(/C=C\C(=O)N2CCCCC2)cc1. The quantitative estimate of drug-likeness (QED) is 0.753. The first-order valence-corrected chi connectivity index (χ1v) is 7.24. The molecule has 1 aromatic rings. The van der Waals surface area contributed by atoms with Crippen molar-refractivity contribution in [1.29, 1.82) is 0 Å². The van der Waals surface area contributed by atoms with Crippen LogP contribution in [0.3, 0.4) is 0 Å². The van der Waals surface area contributed by atoms with E-state index in [1.807, 2.05) is 11.0 Å². The predicted molar refractivity (Wildman–Crippen MR) is 80.0 cm³/mol. The summed E-state index contributed by atoms with van der Waals surface area (Å²) in [6, 6.07) is 8.43. The number of carbonyl (C=O) groups excluding carboxylic acids is 1. The van der Waals surface area contributed by atoms with Gasteiger partial charge < -0.3 is 4.90 Å². The van der Waals surface area contributed by atoms with E-state index in [4.69, 9.17) is 0 Å². The molecule has 1 aromatic carbocycles. The van der Waals surface area contributed by atoms with Crippen LogP contribution in [0, 0.1) is 0 Å². The number of hydrogen-bond acceptors (Lipinski definition) is 1. The molecule has 1 amide bonds. The second-order valence-electron chi connectivity index (χ2n) is 5.54. The smallest absolute Gasteiger partial charge is 0.246 e. The summed E-state index contributed by atoms with van der Waals surface area (Å²) in [6.07, 6.45) is 7.16. The third-order valence-corrected chi connectivity index (χ3v) is 3.69. The number of nitrogens with zero attached hydrogens (tertiary/aromatic N) is 1. The van der Waals surface area contributed by atoms with Gasteiger partial charge in [-0.2, -0.15) is 0 Å². The van der Waals surface area contributed by atoms with Gasteiger partial charge in [0.1, 0.15) is 0 Å². The van der Waals surface area contributed by atoms with Crippen molar-refractivity contribution in [1.82, 2.24) is 4.90 Å². The van der Waals surface area contributed by atoms with Crippen LogP contribution in [0.5, 0.6) is 0 Å². The van der Waals surface area contributed by atoms with Crippen molar-refractivity contribution in [3.8, 4) is 0 Å². The fourth-order valence-corrected chi connectivity index (χ4v) is 2.38. The predicted octanol–water partition coefficient (Wildman–Crippen LogP) is 3.84. The van der Waals surface area contributed by atoms with Crippen molar-refractivity contribution >= 4 is 12.0 Å². The molecule has 1 saturated heterocycles. The number of amides is 1. The molecule has 0 bridgehead atoms. The van der Waals surface area contributed by atoms with E-state index in [0.717, 1.165) is 31.5 Å². The van der Waals surface area contributed by atoms with Gasteiger partial charge in [0, 0.05) is 19.2 Å². The number of hydrogen-bond donors (Lipinski definition) is 0. The normalized spacial score (nSPS) is 16.3. The Labute approximate surface area is 116 Å². The molecule has 0 saturated carbocycles. The number of rotatable bonds is 3. The number of likely N-dealkylation sites (tertiary alicyclic amines) is 1. The summed E-state index contributed by atoms with van der Waals surface area (Å²) >= 11 is 0. The molecule has 2 nitrogen and oxygen atoms in total. The fraction of sp³-hybridized carbons (Fsp3) is 0.471. The molecule has 0 atom stereocenters. The Morgan fingerprint density at radius 3 is 2.32 bits per heavy atom. The first-order chi connectivity index (χ1) is 9.16. The van der Waals surface area contributed by atoms with Gasteiger partial charge in [-0.25, -0.2) is 0 Å². The third-order valence-electron chi connectivity index (χ3n) is 3.69. The molecule has 2 rings (SSSR count). The molecule has 1 heterocycles. The van der Waals surface area contributed by atoms with E-state index < -0.39 is 0 Å². The Morgan fingerprint density at radius 2 is 1.74 bits per heavy atom. The van der Waals surface area contributed by atoms with Gasteiger partial charge in [-0.15, -0.1) is 0 Å². The summed E-state index contributed by atoms with van der Waals surface area (Å²) in [4.78, 5) is 13.9. The largest absolute Gasteiger partial charge is 0.339 e. The van der Waals surface area contributed by atoms with Crippen molar-refractivity contribution in [3.63, 3.8) is 0 Å². The van der Waals surface area contributed by atoms with Gasteiger partial charge in [-0.3, -0.25) is 4.79 Å². The topological polar surface area (TPSA) is 20.3 Å². The van der Waals surface area contributed by atoms with Crippen LogP contribution in [0.25, 0.3) is 6.08 Å². The van der Waals surface area contributed by atoms with E-state index in [2.05, 4.69) is 38.1 Å². The molecule has 2 heteroatoms. The van der Waals surface area contributed by atoms with E-state index in [9.17, 15) is 4.79 Å². The minimum atomic E-state index is 0.146. The number of benzene rings is 1. The Balaban J connectivity index is 1.95. The molecule has 0 radical (unpaired) electrons. The van der Waals surface area contributed by atoms with Crippen LogP contribution in [-0.2, 0) is 4.79 Å². The highest BCUT2D eigenvalue weighted by Crippen LogP contribution is 2.15. The summed E-state index contributed by atoms with van der Waals surface area (Å²) in [7, 11) is 0. The van der Waals surface area contributed by atoms with Gasteiger partial charge in [0.2, 0.25) is 5.91 Å². The van der Waals surface area contributed by atoms with Gasteiger partial charge in [0.15, 0.2) is 0 Å². The summed E-state index contributed by atoms with van der Waals surface area (Å²) in [5.41, 5.74) is 2.43. The lowest BCUT2D eigenvalue weighted by molar-refractivity contribution is -0.126. The first kappa shape index (κ1) is 13.9. The zero-order chi connectivity index (χ0) is 13.7. The van der Waals surface area contributed by atoms with Gasteiger partial charge in [-0.05, 0) is 42.4 Å². The van der Waals surface area contributed by atoms with Gasteiger partial charge in [0.05, 0.1) is 0 Å². The average molecular weight is 257 g/mol. The molecule has 1 fully saturated rings. The Hall–Kier alpha value is -1.57. The number of carbonyl (C=O) groups is 1. The van der Waals surface area contributed by atoms with E-state index in [1.54, 1.807) is 6.08 Å². The molecular formula is C17H23NO. The molecule has 19 heavy (non-hydrogen) atoms. The second kappa shape index (κ2) is 6.55. The summed E-state index contributed by atoms with van der Waals surface area (Å²) in [5.74, 6) is 0.695. The minimum absolute atomic E-state index is 0.146.